The Morgan fingerprint density at radius 1 is 1.20 bits per heavy atom. The van der Waals surface area contributed by atoms with Crippen LogP contribution >= 0.6 is 0 Å². The standard InChI is InChI=1S/C17H23NO2/c1-4-6-14(7-5-2)17(19)16(12-18)13-8-10-15(20-3)11-9-13/h8-11,14,16H,4-7H2,1-3H3. The number of hydrogen-bond acceptors (Lipinski definition) is 3. The lowest BCUT2D eigenvalue weighted by atomic mass is 9.84. The van der Waals surface area contributed by atoms with Crippen molar-refractivity contribution in [1.82, 2.24) is 0 Å². The summed E-state index contributed by atoms with van der Waals surface area (Å²) in [6.45, 7) is 4.15. The molecule has 1 aromatic rings. The average Bonchev–Trinajstić information content (AvgIpc) is 2.48. The van der Waals surface area contributed by atoms with E-state index in [0.29, 0.717) is 0 Å². The smallest absolute Gasteiger partial charge is 0.157 e. The zero-order valence-corrected chi connectivity index (χ0v) is 12.6. The van der Waals surface area contributed by atoms with Gasteiger partial charge >= 0.3 is 0 Å². The van der Waals surface area contributed by atoms with Gasteiger partial charge in [0.15, 0.2) is 5.78 Å². The predicted octanol–water partition coefficient (Wildman–Crippen LogP) is 4.09. The second-order valence-corrected chi connectivity index (χ2v) is 5.01. The second-order valence-electron chi connectivity index (χ2n) is 5.01. The van der Waals surface area contributed by atoms with E-state index < -0.39 is 5.92 Å². The SMILES string of the molecule is CCCC(CCC)C(=O)C(C#N)c1ccc(OC)cc1. The Hall–Kier alpha value is -1.82. The molecule has 0 aliphatic rings. The third-order valence-corrected chi connectivity index (χ3v) is 3.54. The van der Waals surface area contributed by atoms with Gasteiger partial charge in [-0.05, 0) is 30.5 Å². The van der Waals surface area contributed by atoms with E-state index in [2.05, 4.69) is 19.9 Å². The van der Waals surface area contributed by atoms with Gasteiger partial charge in [0.05, 0.1) is 13.2 Å². The lowest BCUT2D eigenvalue weighted by molar-refractivity contribution is -0.123. The van der Waals surface area contributed by atoms with Gasteiger partial charge in [0.2, 0.25) is 0 Å². The van der Waals surface area contributed by atoms with Crippen molar-refractivity contribution in [3.63, 3.8) is 0 Å². The van der Waals surface area contributed by atoms with E-state index in [0.717, 1.165) is 37.0 Å². The highest BCUT2D eigenvalue weighted by molar-refractivity contribution is 5.90. The molecule has 1 aromatic carbocycles. The summed E-state index contributed by atoms with van der Waals surface area (Å²) in [5.74, 6) is 0.124. The molecule has 0 aliphatic heterocycles. The average molecular weight is 273 g/mol. The summed E-state index contributed by atoms with van der Waals surface area (Å²) in [7, 11) is 1.60. The molecular formula is C17H23NO2. The fourth-order valence-corrected chi connectivity index (χ4v) is 2.46. The number of carbonyl (C=O) groups is 1. The van der Waals surface area contributed by atoms with Gasteiger partial charge in [-0.1, -0.05) is 38.8 Å². The van der Waals surface area contributed by atoms with Crippen molar-refractivity contribution < 1.29 is 9.53 Å². The van der Waals surface area contributed by atoms with Crippen LogP contribution in [0.3, 0.4) is 0 Å². The molecule has 0 amide bonds. The topological polar surface area (TPSA) is 50.1 Å². The monoisotopic (exact) mass is 273 g/mol. The first-order valence-corrected chi connectivity index (χ1v) is 7.25. The van der Waals surface area contributed by atoms with Crippen LogP contribution in [0.5, 0.6) is 5.75 Å². The van der Waals surface area contributed by atoms with Crippen LogP contribution in [0.1, 0.15) is 51.0 Å². The highest BCUT2D eigenvalue weighted by Gasteiger charge is 2.27. The highest BCUT2D eigenvalue weighted by Crippen LogP contribution is 2.26. The largest absolute Gasteiger partial charge is 0.497 e. The zero-order valence-electron chi connectivity index (χ0n) is 12.6. The van der Waals surface area contributed by atoms with E-state index in [1.807, 2.05) is 0 Å². The van der Waals surface area contributed by atoms with E-state index in [4.69, 9.17) is 4.74 Å². The first kappa shape index (κ1) is 16.2. The molecule has 108 valence electrons. The Morgan fingerprint density at radius 3 is 2.15 bits per heavy atom. The molecule has 0 spiro atoms. The van der Waals surface area contributed by atoms with Gasteiger partial charge in [-0.15, -0.1) is 0 Å². The summed E-state index contributed by atoms with van der Waals surface area (Å²) in [6.07, 6.45) is 3.66. The number of Topliss-reactive ketones (excluding diaryl/α,β-unsaturated/α-hetero) is 1. The summed E-state index contributed by atoms with van der Waals surface area (Å²) in [5, 5.41) is 9.36. The third-order valence-electron chi connectivity index (χ3n) is 3.54. The minimum atomic E-state index is -0.663. The highest BCUT2D eigenvalue weighted by atomic mass is 16.5. The number of carbonyl (C=O) groups excluding carboxylic acids is 1. The van der Waals surface area contributed by atoms with Crippen LogP contribution in [0.25, 0.3) is 0 Å². The molecule has 0 N–H and O–H groups in total. The first-order chi connectivity index (χ1) is 9.67. The molecule has 0 aliphatic carbocycles. The fraction of sp³-hybridized carbons (Fsp3) is 0.529. The maximum Gasteiger partial charge on any atom is 0.157 e. The van der Waals surface area contributed by atoms with E-state index in [1.54, 1.807) is 31.4 Å². The van der Waals surface area contributed by atoms with Gasteiger partial charge in [0, 0.05) is 5.92 Å². The van der Waals surface area contributed by atoms with Gasteiger partial charge in [0.25, 0.3) is 0 Å². The van der Waals surface area contributed by atoms with Gasteiger partial charge in [0.1, 0.15) is 11.7 Å². The summed E-state index contributed by atoms with van der Waals surface area (Å²) in [4.78, 5) is 12.6. The van der Waals surface area contributed by atoms with Crippen molar-refractivity contribution in [2.75, 3.05) is 7.11 Å². The Balaban J connectivity index is 2.92. The summed E-state index contributed by atoms with van der Waals surface area (Å²) < 4.78 is 5.10. The number of methoxy groups -OCH3 is 1. The number of nitriles is 1. The van der Waals surface area contributed by atoms with Crippen LogP contribution in [-0.4, -0.2) is 12.9 Å². The molecule has 3 heteroatoms. The van der Waals surface area contributed by atoms with E-state index in [1.165, 1.54) is 0 Å². The van der Waals surface area contributed by atoms with Crippen molar-refractivity contribution in [2.45, 2.75) is 45.4 Å². The van der Waals surface area contributed by atoms with Gasteiger partial charge in [-0.3, -0.25) is 4.79 Å². The molecule has 0 saturated heterocycles. The molecule has 20 heavy (non-hydrogen) atoms. The number of nitrogens with zero attached hydrogens (tertiary/aromatic N) is 1. The Labute approximate surface area is 121 Å². The minimum absolute atomic E-state index is 0.00301. The van der Waals surface area contributed by atoms with Crippen LogP contribution < -0.4 is 4.74 Å². The zero-order chi connectivity index (χ0) is 15.0. The van der Waals surface area contributed by atoms with Crippen LogP contribution in [0, 0.1) is 17.2 Å². The van der Waals surface area contributed by atoms with Crippen molar-refractivity contribution in [1.29, 1.82) is 5.26 Å². The number of hydrogen-bond donors (Lipinski definition) is 0. The van der Waals surface area contributed by atoms with Gasteiger partial charge in [-0.25, -0.2) is 0 Å². The van der Waals surface area contributed by atoms with E-state index in [-0.39, 0.29) is 11.7 Å². The number of ether oxygens (including phenoxy) is 1. The molecular weight excluding hydrogens is 250 g/mol. The molecule has 1 rings (SSSR count). The van der Waals surface area contributed by atoms with E-state index >= 15 is 0 Å². The van der Waals surface area contributed by atoms with Crippen molar-refractivity contribution in [3.8, 4) is 11.8 Å². The van der Waals surface area contributed by atoms with Crippen molar-refractivity contribution in [3.05, 3.63) is 29.8 Å². The van der Waals surface area contributed by atoms with Gasteiger partial charge < -0.3 is 4.74 Å². The van der Waals surface area contributed by atoms with Crippen LogP contribution in [0.15, 0.2) is 24.3 Å². The number of rotatable bonds is 8. The lowest BCUT2D eigenvalue weighted by Gasteiger charge is -2.18. The molecule has 3 nitrogen and oxygen atoms in total. The lowest BCUT2D eigenvalue weighted by Crippen LogP contribution is -2.21. The molecule has 1 atom stereocenters. The van der Waals surface area contributed by atoms with Crippen molar-refractivity contribution >= 4 is 5.78 Å². The van der Waals surface area contributed by atoms with Crippen LogP contribution in [-0.2, 0) is 4.79 Å². The fourth-order valence-electron chi connectivity index (χ4n) is 2.46. The third kappa shape index (κ3) is 4.09. The van der Waals surface area contributed by atoms with E-state index in [9.17, 15) is 10.1 Å². The summed E-state index contributed by atoms with van der Waals surface area (Å²) in [5.41, 5.74) is 0.760. The quantitative estimate of drug-likeness (QED) is 0.716. The Bertz CT molecular complexity index is 453. The normalized spacial score (nSPS) is 11.9. The summed E-state index contributed by atoms with van der Waals surface area (Å²) in [6, 6.07) is 9.36. The molecule has 0 aromatic heterocycles. The first-order valence-electron chi connectivity index (χ1n) is 7.25. The molecule has 0 saturated carbocycles. The second kappa shape index (κ2) is 8.37. The molecule has 0 heterocycles. The number of ketones is 1. The minimum Gasteiger partial charge on any atom is -0.497 e. The predicted molar refractivity (Wildman–Crippen MR) is 79.7 cm³/mol. The molecule has 0 fully saturated rings. The van der Waals surface area contributed by atoms with Gasteiger partial charge in [-0.2, -0.15) is 5.26 Å². The molecule has 0 bridgehead atoms. The Kier molecular flexibility index (Phi) is 6.79. The Morgan fingerprint density at radius 2 is 1.75 bits per heavy atom. The summed E-state index contributed by atoms with van der Waals surface area (Å²) >= 11 is 0. The molecule has 0 radical (unpaired) electrons. The number of benzene rings is 1. The van der Waals surface area contributed by atoms with Crippen molar-refractivity contribution in [2.24, 2.45) is 5.92 Å². The van der Waals surface area contributed by atoms with Crippen LogP contribution in [0.2, 0.25) is 0 Å². The maximum absolute atomic E-state index is 12.6. The molecule has 1 unspecified atom stereocenters. The van der Waals surface area contributed by atoms with Crippen LogP contribution in [0.4, 0.5) is 0 Å². The maximum atomic E-state index is 12.6.